The molecule has 0 aromatic heterocycles. The third kappa shape index (κ3) is 5.41. The van der Waals surface area contributed by atoms with Gasteiger partial charge < -0.3 is 15.5 Å². The third-order valence-electron chi connectivity index (χ3n) is 4.92. The lowest BCUT2D eigenvalue weighted by Crippen LogP contribution is -2.47. The summed E-state index contributed by atoms with van der Waals surface area (Å²) < 4.78 is 0. The summed E-state index contributed by atoms with van der Waals surface area (Å²) in [5.41, 5.74) is 1.35. The topological polar surface area (TPSA) is 42.9 Å². The number of nitrogens with zero attached hydrogens (tertiary/aromatic N) is 3. The lowest BCUT2D eigenvalue weighted by atomic mass is 10.2. The average molecular weight is 329 g/mol. The van der Waals surface area contributed by atoms with Crippen molar-refractivity contribution in [3.63, 3.8) is 0 Å². The maximum absolute atomic E-state index is 4.29. The van der Waals surface area contributed by atoms with Crippen LogP contribution in [-0.4, -0.2) is 63.7 Å². The highest BCUT2D eigenvalue weighted by Crippen LogP contribution is 2.27. The minimum absolute atomic E-state index is 0.879. The fraction of sp³-hybridized carbons (Fsp3) is 0.632. The van der Waals surface area contributed by atoms with Gasteiger partial charge >= 0.3 is 0 Å². The zero-order valence-electron chi connectivity index (χ0n) is 14.9. The van der Waals surface area contributed by atoms with Crippen LogP contribution >= 0.6 is 0 Å². The Bertz CT molecular complexity index is 504. The van der Waals surface area contributed by atoms with Crippen molar-refractivity contribution in [3.05, 3.63) is 30.3 Å². The first kappa shape index (κ1) is 17.1. The summed E-state index contributed by atoms with van der Waals surface area (Å²) in [5, 5.41) is 6.84. The number of para-hydroxylation sites is 1. The lowest BCUT2D eigenvalue weighted by Gasteiger charge is -2.36. The Morgan fingerprint density at radius 3 is 2.50 bits per heavy atom. The molecule has 0 atom stereocenters. The van der Waals surface area contributed by atoms with Gasteiger partial charge in [-0.3, -0.25) is 9.89 Å². The first-order valence-electron chi connectivity index (χ1n) is 9.32. The molecule has 0 radical (unpaired) electrons. The van der Waals surface area contributed by atoms with Gasteiger partial charge in [-0.1, -0.05) is 18.2 Å². The molecule has 0 unspecified atom stereocenters. The van der Waals surface area contributed by atoms with Crippen molar-refractivity contribution < 1.29 is 0 Å². The molecular formula is C19H31N5. The van der Waals surface area contributed by atoms with Gasteiger partial charge in [0.2, 0.25) is 0 Å². The van der Waals surface area contributed by atoms with E-state index in [0.29, 0.717) is 0 Å². The van der Waals surface area contributed by atoms with Crippen LogP contribution in [0, 0.1) is 5.92 Å². The summed E-state index contributed by atoms with van der Waals surface area (Å²) in [7, 11) is 1.85. The summed E-state index contributed by atoms with van der Waals surface area (Å²) in [4.78, 5) is 9.35. The predicted octanol–water partition coefficient (Wildman–Crippen LogP) is 1.77. The van der Waals surface area contributed by atoms with Gasteiger partial charge in [0.05, 0.1) is 0 Å². The van der Waals surface area contributed by atoms with Crippen molar-refractivity contribution in [1.29, 1.82) is 0 Å². The van der Waals surface area contributed by atoms with E-state index < -0.39 is 0 Å². The molecule has 1 aliphatic carbocycles. The molecule has 132 valence electrons. The maximum atomic E-state index is 4.29. The van der Waals surface area contributed by atoms with Gasteiger partial charge in [0.1, 0.15) is 0 Å². The van der Waals surface area contributed by atoms with Crippen LogP contribution in [0.25, 0.3) is 0 Å². The Labute approximate surface area is 146 Å². The number of piperazine rings is 1. The molecule has 2 fully saturated rings. The Balaban J connectivity index is 1.28. The highest BCUT2D eigenvalue weighted by Gasteiger charge is 2.21. The average Bonchev–Trinajstić information content (AvgIpc) is 3.47. The number of hydrogen-bond donors (Lipinski definition) is 2. The van der Waals surface area contributed by atoms with Gasteiger partial charge in [-0.2, -0.15) is 0 Å². The molecule has 2 N–H and O–H groups in total. The first-order chi connectivity index (χ1) is 11.8. The number of aliphatic imine (C=N–C) groups is 1. The molecule has 5 nitrogen and oxygen atoms in total. The van der Waals surface area contributed by atoms with E-state index in [9.17, 15) is 0 Å². The number of benzene rings is 1. The molecule has 2 aliphatic rings. The quantitative estimate of drug-likeness (QED) is 0.455. The van der Waals surface area contributed by atoms with Crippen LogP contribution in [0.1, 0.15) is 19.3 Å². The van der Waals surface area contributed by atoms with E-state index in [0.717, 1.165) is 64.1 Å². The molecule has 1 saturated heterocycles. The van der Waals surface area contributed by atoms with Gasteiger partial charge in [0, 0.05) is 52.0 Å². The summed E-state index contributed by atoms with van der Waals surface area (Å²) in [6.45, 7) is 7.79. The standard InChI is InChI=1S/C19H31N5/c1-20-19(22-16-17-8-9-17)21-10-5-11-23-12-14-24(15-13-23)18-6-3-2-4-7-18/h2-4,6-7,17H,5,8-16H2,1H3,(H2,20,21,22). The van der Waals surface area contributed by atoms with Crippen molar-refractivity contribution in [2.24, 2.45) is 10.9 Å². The molecule has 0 bridgehead atoms. The third-order valence-corrected chi connectivity index (χ3v) is 4.92. The fourth-order valence-corrected chi connectivity index (χ4v) is 3.16. The van der Waals surface area contributed by atoms with Crippen LogP contribution in [0.3, 0.4) is 0 Å². The number of guanidine groups is 1. The van der Waals surface area contributed by atoms with E-state index in [1.807, 2.05) is 7.05 Å². The second kappa shape index (κ2) is 8.92. The highest BCUT2D eigenvalue weighted by molar-refractivity contribution is 5.79. The SMILES string of the molecule is CN=C(NCCCN1CCN(c2ccccc2)CC1)NCC1CC1. The number of rotatable bonds is 7. The molecular weight excluding hydrogens is 298 g/mol. The minimum Gasteiger partial charge on any atom is -0.369 e. The van der Waals surface area contributed by atoms with E-state index in [1.165, 1.54) is 18.5 Å². The van der Waals surface area contributed by atoms with E-state index in [2.05, 4.69) is 55.8 Å². The second-order valence-corrected chi connectivity index (χ2v) is 6.84. The van der Waals surface area contributed by atoms with Gasteiger partial charge in [-0.05, 0) is 43.9 Å². The number of anilines is 1. The number of nitrogens with one attached hydrogen (secondary N) is 2. The second-order valence-electron chi connectivity index (χ2n) is 6.84. The maximum Gasteiger partial charge on any atom is 0.190 e. The molecule has 3 rings (SSSR count). The largest absolute Gasteiger partial charge is 0.369 e. The normalized spacial score (nSPS) is 19.4. The van der Waals surface area contributed by atoms with Crippen LogP contribution in [0.15, 0.2) is 35.3 Å². The molecule has 0 spiro atoms. The van der Waals surface area contributed by atoms with E-state index >= 15 is 0 Å². The summed E-state index contributed by atoms with van der Waals surface area (Å²) in [6, 6.07) is 10.7. The molecule has 5 heteroatoms. The Hall–Kier alpha value is -1.75. The lowest BCUT2D eigenvalue weighted by molar-refractivity contribution is 0.255. The molecule has 0 amide bonds. The molecule has 1 aliphatic heterocycles. The smallest absolute Gasteiger partial charge is 0.190 e. The van der Waals surface area contributed by atoms with Gasteiger partial charge in [0.25, 0.3) is 0 Å². The van der Waals surface area contributed by atoms with Crippen LogP contribution < -0.4 is 15.5 Å². The van der Waals surface area contributed by atoms with Crippen LogP contribution in [-0.2, 0) is 0 Å². The van der Waals surface area contributed by atoms with Crippen LogP contribution in [0.5, 0.6) is 0 Å². The van der Waals surface area contributed by atoms with Gasteiger partial charge in [0.15, 0.2) is 5.96 Å². The van der Waals surface area contributed by atoms with E-state index in [-0.39, 0.29) is 0 Å². The van der Waals surface area contributed by atoms with Crippen molar-refractivity contribution in [2.45, 2.75) is 19.3 Å². The zero-order valence-corrected chi connectivity index (χ0v) is 14.9. The van der Waals surface area contributed by atoms with Gasteiger partial charge in [-0.15, -0.1) is 0 Å². The van der Waals surface area contributed by atoms with Crippen molar-refractivity contribution >= 4 is 11.6 Å². The Morgan fingerprint density at radius 1 is 1.08 bits per heavy atom. The van der Waals surface area contributed by atoms with Crippen molar-refractivity contribution in [1.82, 2.24) is 15.5 Å². The molecule has 1 aromatic carbocycles. The highest BCUT2D eigenvalue weighted by atomic mass is 15.3. The molecule has 1 saturated carbocycles. The molecule has 1 heterocycles. The van der Waals surface area contributed by atoms with E-state index in [1.54, 1.807) is 0 Å². The molecule has 24 heavy (non-hydrogen) atoms. The summed E-state index contributed by atoms with van der Waals surface area (Å²) in [6.07, 6.45) is 3.91. The minimum atomic E-state index is 0.879. The van der Waals surface area contributed by atoms with Gasteiger partial charge in [-0.25, -0.2) is 0 Å². The fourth-order valence-electron chi connectivity index (χ4n) is 3.16. The predicted molar refractivity (Wildman–Crippen MR) is 102 cm³/mol. The number of hydrogen-bond acceptors (Lipinski definition) is 3. The summed E-state index contributed by atoms with van der Waals surface area (Å²) >= 11 is 0. The monoisotopic (exact) mass is 329 g/mol. The van der Waals surface area contributed by atoms with E-state index in [4.69, 9.17) is 0 Å². The summed E-state index contributed by atoms with van der Waals surface area (Å²) in [5.74, 6) is 1.83. The Kier molecular flexibility index (Phi) is 6.35. The van der Waals surface area contributed by atoms with Crippen molar-refractivity contribution in [3.8, 4) is 0 Å². The molecule has 1 aromatic rings. The van der Waals surface area contributed by atoms with Crippen LogP contribution in [0.2, 0.25) is 0 Å². The zero-order chi connectivity index (χ0) is 16.6. The first-order valence-corrected chi connectivity index (χ1v) is 9.32. The Morgan fingerprint density at radius 2 is 1.83 bits per heavy atom. The van der Waals surface area contributed by atoms with Crippen LogP contribution in [0.4, 0.5) is 5.69 Å². The van der Waals surface area contributed by atoms with Crippen molar-refractivity contribution in [2.75, 3.05) is 57.8 Å².